The van der Waals surface area contributed by atoms with Crippen molar-refractivity contribution in [3.05, 3.63) is 36.4 Å². The molecule has 0 saturated heterocycles. The fourth-order valence-electron chi connectivity index (χ4n) is 12.4. The van der Waals surface area contributed by atoms with Crippen molar-refractivity contribution in [2.24, 2.45) is 0 Å². The molecule has 1 nitrogen and oxygen atoms in total. The van der Waals surface area contributed by atoms with Gasteiger partial charge in [-0.1, -0.05) is 0 Å². The SMILES string of the molecule is CCC[CH2][Sn]([CH2]CCC)([CH2]CCC)[c]1ccc(Oc2cc[c]([Sn]([CH2]CCC)([CH2]CCC)[CH2]CCC)[c]([Sn]([CH2]CCC)([CH2]CCC)[CH2]CCC)c2)c[c]1[Sn]([CH2]CCC)([CH2]CCC)[CH2]CCC. The van der Waals surface area contributed by atoms with E-state index in [4.69, 9.17) is 4.74 Å². The van der Waals surface area contributed by atoms with Gasteiger partial charge in [-0.2, -0.15) is 0 Å². The van der Waals surface area contributed by atoms with Crippen LogP contribution in [0.15, 0.2) is 36.4 Å². The molecule has 0 saturated carbocycles. The zero-order chi connectivity index (χ0) is 47.9. The van der Waals surface area contributed by atoms with Crippen LogP contribution >= 0.6 is 0 Å². The average molecular weight is 1330 g/mol. The van der Waals surface area contributed by atoms with Crippen molar-refractivity contribution in [3.63, 3.8) is 0 Å². The number of benzene rings is 2. The van der Waals surface area contributed by atoms with E-state index in [2.05, 4.69) is 119 Å². The van der Waals surface area contributed by atoms with Crippen molar-refractivity contribution in [1.82, 2.24) is 0 Å². The van der Waals surface area contributed by atoms with Gasteiger partial charge in [-0.3, -0.25) is 0 Å². The Bertz CT molecular complexity index is 1290. The van der Waals surface area contributed by atoms with Crippen LogP contribution in [0.4, 0.5) is 0 Å². The van der Waals surface area contributed by atoms with Crippen molar-refractivity contribution in [1.29, 1.82) is 0 Å². The van der Waals surface area contributed by atoms with E-state index in [1.54, 1.807) is 53.2 Å². The zero-order valence-corrected chi connectivity index (χ0v) is 57.7. The first kappa shape index (κ1) is 62.6. The Morgan fingerprint density at radius 2 is 0.415 bits per heavy atom. The summed E-state index contributed by atoms with van der Waals surface area (Å²) in [4.78, 5) is 0. The Hall–Kier alpha value is 1.43. The van der Waals surface area contributed by atoms with Crippen molar-refractivity contribution in [2.45, 2.75) is 290 Å². The molecule has 0 aliphatic rings. The van der Waals surface area contributed by atoms with Crippen LogP contribution < -0.4 is 19.1 Å². The third-order valence-electron chi connectivity index (χ3n) is 16.6. The van der Waals surface area contributed by atoms with Crippen molar-refractivity contribution in [3.8, 4) is 11.5 Å². The number of hydrogen-bond donors (Lipinski definition) is 0. The monoisotopic (exact) mass is 1330 g/mol. The molecule has 0 aliphatic carbocycles. The topological polar surface area (TPSA) is 9.23 Å². The number of ether oxygens (including phenoxy) is 1. The van der Waals surface area contributed by atoms with Gasteiger partial charge in [-0.25, -0.2) is 0 Å². The summed E-state index contributed by atoms with van der Waals surface area (Å²) < 4.78 is 34.5. The summed E-state index contributed by atoms with van der Waals surface area (Å²) in [5, 5.41) is 0. The summed E-state index contributed by atoms with van der Waals surface area (Å²) in [5.41, 5.74) is 0. The van der Waals surface area contributed by atoms with Gasteiger partial charge in [0, 0.05) is 0 Å². The Labute approximate surface area is 426 Å². The van der Waals surface area contributed by atoms with Crippen molar-refractivity contribution in [2.75, 3.05) is 0 Å². The normalized spacial score (nSPS) is 12.7. The van der Waals surface area contributed by atoms with Gasteiger partial charge in [0.05, 0.1) is 0 Å². The maximum atomic E-state index is 7.61. The minimum atomic E-state index is -2.89. The molecule has 0 unspecified atom stereocenters. The Kier molecular flexibility index (Phi) is 35.0. The summed E-state index contributed by atoms with van der Waals surface area (Å²) >= 11 is -11.4. The summed E-state index contributed by atoms with van der Waals surface area (Å²) in [6.45, 7) is 29.7. The molecule has 5 heteroatoms. The predicted molar refractivity (Wildman–Crippen MR) is 311 cm³/mol. The standard InChI is InChI=1S/C12H6O.12C4H9.4Sn/c1-3-7-11(8-4-1)13-12-9-5-2-6-10-12;12*1-3-4-2;;;;/h3,5,7-10H;12*1,3-4H2,2H3;;;;. The first-order valence-corrected chi connectivity index (χ1v) is 59.5. The average Bonchev–Trinajstić information content (AvgIpc) is 3.33. The molecule has 0 aliphatic heterocycles. The number of unbranched alkanes of at least 4 members (excludes halogenated alkanes) is 12. The Morgan fingerprint density at radius 1 is 0.246 bits per heavy atom. The van der Waals surface area contributed by atoms with Crippen LogP contribution in [-0.2, 0) is 0 Å². The third-order valence-corrected chi connectivity index (χ3v) is 83.5. The molecule has 2 aromatic carbocycles. The van der Waals surface area contributed by atoms with Crippen LogP contribution in [0.25, 0.3) is 0 Å². The van der Waals surface area contributed by atoms with Gasteiger partial charge in [0.2, 0.25) is 0 Å². The van der Waals surface area contributed by atoms with E-state index in [9.17, 15) is 0 Å². The fraction of sp³-hybridized carbons (Fsp3) is 0.800. The summed E-state index contributed by atoms with van der Waals surface area (Å²) in [6.07, 6.45) is 33.4. The van der Waals surface area contributed by atoms with E-state index < -0.39 is 73.5 Å². The molecule has 0 atom stereocenters. The van der Waals surface area contributed by atoms with E-state index in [0.29, 0.717) is 0 Å². The van der Waals surface area contributed by atoms with Gasteiger partial charge in [0.25, 0.3) is 0 Å². The molecule has 2 aromatic rings. The van der Waals surface area contributed by atoms with Crippen LogP contribution in [0.5, 0.6) is 11.5 Å². The first-order valence-electron chi connectivity index (χ1n) is 29.6. The quantitative estimate of drug-likeness (QED) is 0.0602. The molecule has 376 valence electrons. The van der Waals surface area contributed by atoms with Crippen LogP contribution in [0.2, 0.25) is 53.2 Å². The second kappa shape index (κ2) is 36.4. The molecule has 0 fully saturated rings. The number of rotatable bonds is 42. The molecule has 0 amide bonds. The van der Waals surface area contributed by atoms with E-state index in [-0.39, 0.29) is 0 Å². The molecule has 0 N–H and O–H groups in total. The van der Waals surface area contributed by atoms with Gasteiger partial charge in [0.1, 0.15) is 0 Å². The summed E-state index contributed by atoms with van der Waals surface area (Å²) in [6, 6.07) is 16.4. The molecule has 65 heavy (non-hydrogen) atoms. The predicted octanol–water partition coefficient (Wildman–Crippen LogP) is 19.7. The summed E-state index contributed by atoms with van der Waals surface area (Å²) in [5.74, 6) is 2.42. The maximum absolute atomic E-state index is 7.61. The summed E-state index contributed by atoms with van der Waals surface area (Å²) in [7, 11) is 0. The molecule has 2 rings (SSSR count). The second-order valence-electron chi connectivity index (χ2n) is 21.9. The van der Waals surface area contributed by atoms with E-state index in [0.717, 1.165) is 0 Å². The number of hydrogen-bond acceptors (Lipinski definition) is 1. The van der Waals surface area contributed by atoms with Gasteiger partial charge in [0.15, 0.2) is 0 Å². The van der Waals surface area contributed by atoms with Gasteiger partial charge >= 0.3 is 431 Å². The molecule has 0 heterocycles. The molecule has 0 radical (unpaired) electrons. The van der Waals surface area contributed by atoms with Crippen molar-refractivity contribution >= 4 is 87.8 Å². The molecular weight excluding hydrogens is 1210 g/mol. The Balaban J connectivity index is 3.22. The van der Waals surface area contributed by atoms with Crippen LogP contribution in [0, 0.1) is 0 Å². The zero-order valence-electron chi connectivity index (χ0n) is 46.3. The second-order valence-corrected chi connectivity index (χ2v) is 74.4. The van der Waals surface area contributed by atoms with Crippen LogP contribution in [0.1, 0.15) is 237 Å². The Morgan fingerprint density at radius 3 is 0.585 bits per heavy atom. The van der Waals surface area contributed by atoms with Gasteiger partial charge in [-0.05, 0) is 0 Å². The van der Waals surface area contributed by atoms with Gasteiger partial charge in [-0.15, -0.1) is 0 Å². The van der Waals surface area contributed by atoms with Gasteiger partial charge < -0.3 is 0 Å². The fourth-order valence-corrected chi connectivity index (χ4v) is 98.3. The molecule has 0 spiro atoms. The minimum absolute atomic E-state index is 1.21. The van der Waals surface area contributed by atoms with Crippen LogP contribution in [-0.4, -0.2) is 73.5 Å². The van der Waals surface area contributed by atoms with Crippen LogP contribution in [0.3, 0.4) is 0 Å². The van der Waals surface area contributed by atoms with Crippen molar-refractivity contribution < 1.29 is 4.74 Å². The van der Waals surface area contributed by atoms with E-state index in [1.807, 2.05) is 14.3 Å². The first-order chi connectivity index (χ1) is 31.6. The third kappa shape index (κ3) is 19.8. The van der Waals surface area contributed by atoms with E-state index in [1.165, 1.54) is 166 Å². The molecule has 0 aromatic heterocycles. The molecule has 0 bridgehead atoms. The molecular formula is C60H114OSn4. The van der Waals surface area contributed by atoms with E-state index >= 15 is 0 Å².